The monoisotopic (exact) mass is 540 g/mol. The summed E-state index contributed by atoms with van der Waals surface area (Å²) < 4.78 is 124. The van der Waals surface area contributed by atoms with Crippen LogP contribution in [0.2, 0.25) is 0 Å². The van der Waals surface area contributed by atoms with E-state index in [0.717, 1.165) is 13.0 Å². The van der Waals surface area contributed by atoms with Crippen LogP contribution in [0, 0.1) is 5.92 Å². The van der Waals surface area contributed by atoms with E-state index in [9.17, 15) is 56.6 Å². The molecule has 35 heavy (non-hydrogen) atoms. The summed E-state index contributed by atoms with van der Waals surface area (Å²) in [5.41, 5.74) is 0.762. The van der Waals surface area contributed by atoms with Gasteiger partial charge in [-0.2, -0.15) is 5.10 Å². The number of carbonyl (C=O) groups is 1. The highest BCUT2D eigenvalue weighted by Crippen LogP contribution is 2.32. The van der Waals surface area contributed by atoms with E-state index in [1.54, 1.807) is 0 Å². The van der Waals surface area contributed by atoms with Gasteiger partial charge in [0, 0.05) is 32.3 Å². The summed E-state index contributed by atoms with van der Waals surface area (Å²) in [6, 6.07) is 0. The van der Waals surface area contributed by atoms with Gasteiger partial charge in [-0.25, -0.2) is 4.79 Å². The maximum absolute atomic E-state index is 12.2. The molecular formula is C15H25B3F12N3O2-3. The summed E-state index contributed by atoms with van der Waals surface area (Å²) in [5.74, 6) is 0.892. The molecule has 0 unspecified atom stereocenters. The van der Waals surface area contributed by atoms with Gasteiger partial charge in [0.25, 0.3) is 0 Å². The highest BCUT2D eigenvalue weighted by atomic mass is 19.5. The van der Waals surface area contributed by atoms with E-state index in [-0.39, 0.29) is 6.09 Å². The smallest absolute Gasteiger partial charge is 0.444 e. The number of ether oxygens (including phenoxy) is 1. The van der Waals surface area contributed by atoms with Gasteiger partial charge >= 0.3 is 27.9 Å². The van der Waals surface area contributed by atoms with E-state index < -0.39 is 27.4 Å². The van der Waals surface area contributed by atoms with Crippen LogP contribution in [0.4, 0.5) is 56.6 Å². The average Bonchev–Trinajstić information content (AvgIpc) is 2.95. The molecule has 5 nitrogen and oxygen atoms in total. The second-order valence-electron chi connectivity index (χ2n) is 8.23. The van der Waals surface area contributed by atoms with Crippen LogP contribution in [0.25, 0.3) is 0 Å². The molecule has 0 aromatic carbocycles. The van der Waals surface area contributed by atoms with Gasteiger partial charge in [-0.15, -0.1) is 0 Å². The number of piperidine rings is 1. The Morgan fingerprint density at radius 1 is 0.943 bits per heavy atom. The molecule has 0 radical (unpaired) electrons. The van der Waals surface area contributed by atoms with E-state index in [2.05, 4.69) is 12.0 Å². The van der Waals surface area contributed by atoms with Crippen molar-refractivity contribution in [2.24, 2.45) is 13.0 Å². The van der Waals surface area contributed by atoms with E-state index in [1.807, 2.05) is 49.8 Å². The molecule has 1 saturated heterocycles. The second kappa shape index (κ2) is 13.8. The fraction of sp³-hybridized carbons (Fsp3) is 0.733. The van der Waals surface area contributed by atoms with E-state index in [0.29, 0.717) is 18.4 Å². The zero-order chi connectivity index (χ0) is 28.4. The molecule has 208 valence electrons. The van der Waals surface area contributed by atoms with E-state index >= 15 is 0 Å². The normalized spacial score (nSPS) is 18.7. The standard InChI is InChI=1S/C15H25N3O2.3BF4/c1-11-6-7-18(14(19)20-15(2,3)4)10-13(11)12-8-16-17(5)9-12;3*2-1(3,4)5/h8-9,11,13H,6-7,10H2,1-5H3;;;/q;3*-1/t11-,13-;;;/m1.../s1. The molecule has 1 amide bonds. The quantitative estimate of drug-likeness (QED) is 0.295. The third-order valence-electron chi connectivity index (χ3n) is 3.76. The first-order valence-corrected chi connectivity index (χ1v) is 9.84. The van der Waals surface area contributed by atoms with E-state index in [4.69, 9.17) is 4.74 Å². The molecule has 0 N–H and O–H groups in total. The Balaban J connectivity index is 0. The largest absolute Gasteiger partial charge is 0.673 e. The minimum absolute atomic E-state index is 0.210. The topological polar surface area (TPSA) is 47.4 Å². The molecule has 2 heterocycles. The van der Waals surface area contributed by atoms with Crippen LogP contribution in [0.15, 0.2) is 12.4 Å². The Bertz CT molecular complexity index is 704. The lowest BCUT2D eigenvalue weighted by atomic mass is 9.83. The zero-order valence-electron chi connectivity index (χ0n) is 19.4. The van der Waals surface area contributed by atoms with Gasteiger partial charge in [0.1, 0.15) is 5.60 Å². The third kappa shape index (κ3) is 26.3. The number of carbonyl (C=O) groups excluding carboxylic acids is 1. The van der Waals surface area contributed by atoms with Crippen molar-refractivity contribution in [2.75, 3.05) is 13.1 Å². The Labute approximate surface area is 194 Å². The van der Waals surface area contributed by atoms with Gasteiger partial charge in [0.15, 0.2) is 0 Å². The highest BCUT2D eigenvalue weighted by molar-refractivity contribution is 6.50. The Morgan fingerprint density at radius 3 is 1.66 bits per heavy atom. The van der Waals surface area contributed by atoms with Crippen molar-refractivity contribution in [1.82, 2.24) is 14.7 Å². The molecular weight excluding hydrogens is 515 g/mol. The number of halogens is 12. The number of hydrogen-bond donors (Lipinski definition) is 0. The SMILES string of the molecule is C[C@@H]1CCN(C(=O)OC(C)(C)C)C[C@H]1c1cnn(C)c1.F[B-](F)(F)F.F[B-](F)(F)F.F[B-](F)(F)F. The van der Waals surface area contributed by atoms with Crippen LogP contribution in [0.3, 0.4) is 0 Å². The minimum atomic E-state index is -6.00. The maximum Gasteiger partial charge on any atom is 0.673 e. The van der Waals surface area contributed by atoms with Gasteiger partial charge in [0.2, 0.25) is 0 Å². The predicted molar refractivity (Wildman–Crippen MR) is 108 cm³/mol. The van der Waals surface area contributed by atoms with Crippen LogP contribution >= 0.6 is 0 Å². The lowest BCUT2D eigenvalue weighted by Gasteiger charge is -2.37. The Morgan fingerprint density at radius 2 is 1.34 bits per heavy atom. The molecule has 1 fully saturated rings. The molecule has 1 aliphatic heterocycles. The number of hydrogen-bond acceptors (Lipinski definition) is 3. The van der Waals surface area contributed by atoms with E-state index in [1.165, 1.54) is 5.56 Å². The van der Waals surface area contributed by atoms with Gasteiger partial charge in [-0.3, -0.25) is 4.68 Å². The van der Waals surface area contributed by atoms with Crippen LogP contribution < -0.4 is 0 Å². The lowest BCUT2D eigenvalue weighted by Crippen LogP contribution is -2.44. The first kappa shape index (κ1) is 35.0. The van der Waals surface area contributed by atoms with Gasteiger partial charge < -0.3 is 61.4 Å². The summed E-state index contributed by atoms with van der Waals surface area (Å²) >= 11 is 0. The molecule has 0 aliphatic carbocycles. The van der Waals surface area contributed by atoms with Gasteiger partial charge in [-0.1, -0.05) is 6.92 Å². The first-order valence-electron chi connectivity index (χ1n) is 9.84. The number of nitrogens with zero attached hydrogens (tertiary/aromatic N) is 3. The van der Waals surface area contributed by atoms with Crippen molar-refractivity contribution in [3.05, 3.63) is 18.0 Å². The summed E-state index contributed by atoms with van der Waals surface area (Å²) in [7, 11) is -16.1. The molecule has 0 spiro atoms. The fourth-order valence-electron chi connectivity index (χ4n) is 2.63. The Kier molecular flexibility index (Phi) is 13.8. The van der Waals surface area contributed by atoms with Crippen molar-refractivity contribution in [3.8, 4) is 0 Å². The lowest BCUT2D eigenvalue weighted by molar-refractivity contribution is 0.0164. The Hall–Kier alpha value is -2.17. The zero-order valence-corrected chi connectivity index (χ0v) is 19.4. The van der Waals surface area contributed by atoms with Gasteiger partial charge in [-0.05, 0) is 38.7 Å². The molecule has 2 rings (SSSR count). The number of likely N-dealkylation sites (tertiary alicyclic amines) is 1. The number of aromatic nitrogens is 2. The third-order valence-corrected chi connectivity index (χ3v) is 3.76. The predicted octanol–water partition coefficient (Wildman–Crippen LogP) is 6.68. The molecule has 1 aromatic rings. The second-order valence-corrected chi connectivity index (χ2v) is 8.23. The van der Waals surface area contributed by atoms with Crippen molar-refractivity contribution in [2.45, 2.75) is 45.6 Å². The molecule has 1 aromatic heterocycles. The van der Waals surface area contributed by atoms with Crippen LogP contribution in [0.1, 0.15) is 45.6 Å². The first-order chi connectivity index (χ1) is 15.3. The van der Waals surface area contributed by atoms with Crippen molar-refractivity contribution in [1.29, 1.82) is 0 Å². The number of aryl methyl sites for hydroxylation is 1. The summed E-state index contributed by atoms with van der Waals surface area (Å²) in [4.78, 5) is 14.0. The van der Waals surface area contributed by atoms with Crippen LogP contribution in [-0.2, 0) is 11.8 Å². The summed E-state index contributed by atoms with van der Waals surface area (Å²) in [5, 5.41) is 4.24. The van der Waals surface area contributed by atoms with Crippen LogP contribution in [-0.4, -0.2) is 61.2 Å². The minimum Gasteiger partial charge on any atom is -0.444 e. The average molecular weight is 540 g/mol. The summed E-state index contributed by atoms with van der Waals surface area (Å²) in [6.07, 6.45) is 4.73. The van der Waals surface area contributed by atoms with Crippen molar-refractivity contribution < 1.29 is 61.3 Å². The summed E-state index contributed by atoms with van der Waals surface area (Å²) in [6.45, 7) is 9.42. The molecule has 20 heteroatoms. The molecule has 1 aliphatic rings. The fourth-order valence-corrected chi connectivity index (χ4v) is 2.63. The number of amides is 1. The highest BCUT2D eigenvalue weighted by Gasteiger charge is 2.32. The molecule has 0 saturated carbocycles. The molecule has 0 bridgehead atoms. The number of rotatable bonds is 1. The van der Waals surface area contributed by atoms with Gasteiger partial charge in [0.05, 0.1) is 6.20 Å². The van der Waals surface area contributed by atoms with Crippen LogP contribution in [0.5, 0.6) is 0 Å². The van der Waals surface area contributed by atoms with Crippen molar-refractivity contribution >= 4 is 27.9 Å². The van der Waals surface area contributed by atoms with Crippen molar-refractivity contribution in [3.63, 3.8) is 0 Å². The molecule has 2 atom stereocenters. The maximum atomic E-state index is 12.2.